The molecule has 4 atom stereocenters. The first-order valence-electron chi connectivity index (χ1n) is 12.6. The summed E-state index contributed by atoms with van der Waals surface area (Å²) in [5.74, 6) is -0.852. The van der Waals surface area contributed by atoms with E-state index in [1.165, 1.54) is 0 Å². The topological polar surface area (TPSA) is 34.1 Å². The zero-order valence-corrected chi connectivity index (χ0v) is 20.7. The fourth-order valence-corrected chi connectivity index (χ4v) is 5.92. The molecule has 0 saturated heterocycles. The van der Waals surface area contributed by atoms with Gasteiger partial charge < -0.3 is 0 Å². The number of hydrogen-bond donors (Lipinski definition) is 0. The smallest absolute Gasteiger partial charge is 0.170 e. The van der Waals surface area contributed by atoms with Gasteiger partial charge in [0, 0.05) is 17.0 Å². The van der Waals surface area contributed by atoms with Crippen molar-refractivity contribution in [3.63, 3.8) is 0 Å². The Labute approximate surface area is 213 Å². The molecule has 0 aromatic heterocycles. The third-order valence-electron chi connectivity index (χ3n) is 7.56. The van der Waals surface area contributed by atoms with Gasteiger partial charge in [-0.2, -0.15) is 0 Å². The fraction of sp³-hybridized carbons (Fsp3) is 0.176. The van der Waals surface area contributed by atoms with Crippen LogP contribution in [0.5, 0.6) is 0 Å². The van der Waals surface area contributed by atoms with E-state index in [0.717, 1.165) is 22.3 Å². The average Bonchev–Trinajstić information content (AvgIpc) is 2.94. The van der Waals surface area contributed by atoms with Gasteiger partial charge in [0.15, 0.2) is 11.6 Å². The molecule has 1 aliphatic carbocycles. The summed E-state index contributed by atoms with van der Waals surface area (Å²) in [4.78, 5) is 28.2. The Morgan fingerprint density at radius 2 is 0.889 bits per heavy atom. The molecular weight excluding hydrogens is 440 g/mol. The van der Waals surface area contributed by atoms with Crippen LogP contribution in [0.15, 0.2) is 121 Å². The molecular formula is C34H30O2. The molecule has 1 aliphatic rings. The van der Waals surface area contributed by atoms with Gasteiger partial charge in [-0.1, -0.05) is 135 Å². The Hall–Kier alpha value is -4.04. The van der Waals surface area contributed by atoms with Crippen molar-refractivity contribution in [3.05, 3.63) is 144 Å². The lowest BCUT2D eigenvalue weighted by atomic mass is 9.59. The molecule has 0 bridgehead atoms. The third kappa shape index (κ3) is 4.35. The summed E-state index contributed by atoms with van der Waals surface area (Å²) in [5, 5.41) is 0. The molecule has 0 fully saturated rings. The molecule has 5 rings (SSSR count). The number of hydrogen-bond acceptors (Lipinski definition) is 2. The zero-order valence-electron chi connectivity index (χ0n) is 20.7. The van der Waals surface area contributed by atoms with Crippen molar-refractivity contribution in [1.29, 1.82) is 0 Å². The Morgan fingerprint density at radius 3 is 1.36 bits per heavy atom. The van der Waals surface area contributed by atoms with E-state index >= 15 is 0 Å². The lowest BCUT2D eigenvalue weighted by Crippen LogP contribution is -2.41. The first-order chi connectivity index (χ1) is 17.6. The molecule has 2 heteroatoms. The minimum atomic E-state index is -0.445. The summed E-state index contributed by atoms with van der Waals surface area (Å²) < 4.78 is 0. The van der Waals surface area contributed by atoms with Crippen LogP contribution < -0.4 is 0 Å². The molecule has 4 unspecified atom stereocenters. The minimum Gasteiger partial charge on any atom is -0.294 e. The molecule has 0 aliphatic heterocycles. The van der Waals surface area contributed by atoms with E-state index in [9.17, 15) is 9.59 Å². The molecule has 0 N–H and O–H groups in total. The highest BCUT2D eigenvalue weighted by molar-refractivity contribution is 6.12. The SMILES string of the molecule is CC1C(c2ccccc2)=C(c2ccccc2)C(C(=O)c2ccccc2)C(C)C1C(=O)c1ccccc1. The molecule has 0 spiro atoms. The number of benzene rings is 4. The molecule has 0 radical (unpaired) electrons. The van der Waals surface area contributed by atoms with Crippen molar-refractivity contribution in [3.8, 4) is 0 Å². The van der Waals surface area contributed by atoms with Gasteiger partial charge in [0.05, 0.1) is 5.92 Å². The first kappa shape index (κ1) is 23.7. The lowest BCUT2D eigenvalue weighted by Gasteiger charge is -2.42. The molecule has 4 aromatic rings. The van der Waals surface area contributed by atoms with Crippen molar-refractivity contribution >= 4 is 22.7 Å². The highest BCUT2D eigenvalue weighted by Gasteiger charge is 2.47. The van der Waals surface area contributed by atoms with Crippen LogP contribution in [0.3, 0.4) is 0 Å². The maximum atomic E-state index is 14.2. The Bertz CT molecular complexity index is 1370. The van der Waals surface area contributed by atoms with E-state index in [1.807, 2.05) is 97.1 Å². The zero-order chi connectivity index (χ0) is 25.1. The van der Waals surface area contributed by atoms with E-state index in [1.54, 1.807) is 0 Å². The molecule has 36 heavy (non-hydrogen) atoms. The summed E-state index contributed by atoms with van der Waals surface area (Å²) in [6.45, 7) is 4.23. The second kappa shape index (κ2) is 10.3. The second-order valence-corrected chi connectivity index (χ2v) is 9.67. The van der Waals surface area contributed by atoms with Crippen molar-refractivity contribution in [2.45, 2.75) is 13.8 Å². The van der Waals surface area contributed by atoms with Crippen LogP contribution in [0.1, 0.15) is 45.7 Å². The van der Waals surface area contributed by atoms with Crippen LogP contribution in [-0.2, 0) is 0 Å². The van der Waals surface area contributed by atoms with Gasteiger partial charge in [-0.3, -0.25) is 9.59 Å². The number of carbonyl (C=O) groups excluding carboxylic acids is 2. The Balaban J connectivity index is 1.77. The highest BCUT2D eigenvalue weighted by Crippen LogP contribution is 2.52. The largest absolute Gasteiger partial charge is 0.294 e. The number of rotatable bonds is 6. The lowest BCUT2D eigenvalue weighted by molar-refractivity contribution is 0.0763. The fourth-order valence-electron chi connectivity index (χ4n) is 5.92. The summed E-state index contributed by atoms with van der Waals surface area (Å²) in [6, 6.07) is 39.4. The predicted octanol–water partition coefficient (Wildman–Crippen LogP) is 7.88. The van der Waals surface area contributed by atoms with Crippen LogP contribution in [0.25, 0.3) is 11.1 Å². The van der Waals surface area contributed by atoms with Crippen molar-refractivity contribution < 1.29 is 9.59 Å². The van der Waals surface area contributed by atoms with Gasteiger partial charge in [0.2, 0.25) is 0 Å². The Morgan fingerprint density at radius 1 is 0.500 bits per heavy atom. The van der Waals surface area contributed by atoms with E-state index in [2.05, 4.69) is 38.1 Å². The highest BCUT2D eigenvalue weighted by atomic mass is 16.1. The molecule has 2 nitrogen and oxygen atoms in total. The van der Waals surface area contributed by atoms with Gasteiger partial charge in [-0.05, 0) is 34.1 Å². The maximum Gasteiger partial charge on any atom is 0.170 e. The molecule has 4 aromatic carbocycles. The third-order valence-corrected chi connectivity index (χ3v) is 7.56. The molecule has 0 heterocycles. The number of allylic oxidation sites excluding steroid dienone is 2. The summed E-state index contributed by atoms with van der Waals surface area (Å²) in [5.41, 5.74) is 5.59. The van der Waals surface area contributed by atoms with E-state index in [-0.39, 0.29) is 29.3 Å². The van der Waals surface area contributed by atoms with Gasteiger partial charge in [-0.15, -0.1) is 0 Å². The predicted molar refractivity (Wildman–Crippen MR) is 147 cm³/mol. The van der Waals surface area contributed by atoms with Gasteiger partial charge in [0.25, 0.3) is 0 Å². The van der Waals surface area contributed by atoms with E-state index < -0.39 is 5.92 Å². The standard InChI is InChI=1S/C34H30O2/c1-23-29(33(35)27-19-11-5-12-20-27)24(2)31(34(36)28-21-13-6-14-22-28)32(26-17-9-4-10-18-26)30(23)25-15-7-3-8-16-25/h3-24,29,31H,1-2H3. The van der Waals surface area contributed by atoms with E-state index in [0.29, 0.717) is 11.1 Å². The second-order valence-electron chi connectivity index (χ2n) is 9.67. The monoisotopic (exact) mass is 470 g/mol. The van der Waals surface area contributed by atoms with Crippen molar-refractivity contribution in [1.82, 2.24) is 0 Å². The van der Waals surface area contributed by atoms with Crippen molar-refractivity contribution in [2.75, 3.05) is 0 Å². The van der Waals surface area contributed by atoms with Crippen LogP contribution in [0.2, 0.25) is 0 Å². The van der Waals surface area contributed by atoms with Crippen LogP contribution in [0.4, 0.5) is 0 Å². The van der Waals surface area contributed by atoms with Crippen LogP contribution in [0, 0.1) is 23.7 Å². The quantitative estimate of drug-likeness (QED) is 0.269. The number of carbonyl (C=O) groups is 2. The van der Waals surface area contributed by atoms with Gasteiger partial charge in [0.1, 0.15) is 0 Å². The number of ketones is 2. The summed E-state index contributed by atoms with van der Waals surface area (Å²) in [6.07, 6.45) is 0. The minimum absolute atomic E-state index is 0.0631. The van der Waals surface area contributed by atoms with Gasteiger partial charge in [-0.25, -0.2) is 0 Å². The summed E-state index contributed by atoms with van der Waals surface area (Å²) in [7, 11) is 0. The van der Waals surface area contributed by atoms with Crippen LogP contribution >= 0.6 is 0 Å². The maximum absolute atomic E-state index is 14.2. The van der Waals surface area contributed by atoms with Crippen molar-refractivity contribution in [2.24, 2.45) is 23.7 Å². The molecule has 178 valence electrons. The number of Topliss-reactive ketones (excluding diaryl/α,β-unsaturated/α-hetero) is 2. The Kier molecular flexibility index (Phi) is 6.77. The first-order valence-corrected chi connectivity index (χ1v) is 12.6. The normalized spacial score (nSPS) is 21.7. The molecule has 0 amide bonds. The van der Waals surface area contributed by atoms with Crippen LogP contribution in [-0.4, -0.2) is 11.6 Å². The summed E-state index contributed by atoms with van der Waals surface area (Å²) >= 11 is 0. The van der Waals surface area contributed by atoms with Gasteiger partial charge >= 0.3 is 0 Å². The average molecular weight is 471 g/mol. The molecule has 0 saturated carbocycles. The van der Waals surface area contributed by atoms with E-state index in [4.69, 9.17) is 0 Å².